The number of rotatable bonds is 2. The lowest BCUT2D eigenvalue weighted by Gasteiger charge is -2.02. The number of benzene rings is 1. The lowest BCUT2D eigenvalue weighted by molar-refractivity contribution is -0.141. The lowest BCUT2D eigenvalue weighted by atomic mass is 10.0. The van der Waals surface area contributed by atoms with Crippen molar-refractivity contribution >= 4 is 33.3 Å². The van der Waals surface area contributed by atoms with Gasteiger partial charge < -0.3 is 10.8 Å². The summed E-state index contributed by atoms with van der Waals surface area (Å²) in [5.41, 5.74) is 6.81. The minimum Gasteiger partial charge on any atom is -0.481 e. The van der Waals surface area contributed by atoms with Crippen LogP contribution in [0, 0.1) is 5.92 Å². The molecule has 0 saturated heterocycles. The van der Waals surface area contributed by atoms with E-state index in [1.165, 1.54) is 0 Å². The van der Waals surface area contributed by atoms with Gasteiger partial charge in [-0.3, -0.25) is 9.59 Å². The molecule has 0 aliphatic heterocycles. The zero-order valence-electron chi connectivity index (χ0n) is 9.47. The first-order valence-corrected chi connectivity index (χ1v) is 6.45. The Morgan fingerprint density at radius 2 is 2.11 bits per heavy atom. The molecule has 3 N–H and O–H groups in total. The summed E-state index contributed by atoms with van der Waals surface area (Å²) in [6.07, 6.45) is 1.14. The molecule has 1 aliphatic carbocycles. The molecule has 1 amide bonds. The number of nitrogens with two attached hydrogens (primary N) is 1. The van der Waals surface area contributed by atoms with Gasteiger partial charge in [0.05, 0.1) is 5.92 Å². The Kier molecular flexibility index (Phi) is 2.38. The van der Waals surface area contributed by atoms with Gasteiger partial charge in [-0.2, -0.15) is 0 Å². The second-order valence-corrected chi connectivity index (χ2v) is 5.66. The summed E-state index contributed by atoms with van der Waals surface area (Å²) >= 11 is 1.61. The van der Waals surface area contributed by atoms with E-state index in [0.717, 1.165) is 20.5 Å². The van der Waals surface area contributed by atoms with E-state index in [0.29, 0.717) is 18.4 Å². The van der Waals surface area contributed by atoms with E-state index in [1.807, 2.05) is 6.07 Å². The van der Waals surface area contributed by atoms with Crippen molar-refractivity contribution in [1.82, 2.24) is 0 Å². The average molecular weight is 261 g/mol. The smallest absolute Gasteiger partial charge is 0.307 e. The summed E-state index contributed by atoms with van der Waals surface area (Å²) in [6, 6.07) is 5.37. The molecule has 1 aliphatic rings. The van der Waals surface area contributed by atoms with Gasteiger partial charge in [-0.25, -0.2) is 0 Å². The van der Waals surface area contributed by atoms with Crippen LogP contribution in [0.5, 0.6) is 0 Å². The number of carbonyl (C=O) groups is 2. The van der Waals surface area contributed by atoms with Gasteiger partial charge >= 0.3 is 5.97 Å². The molecule has 1 unspecified atom stereocenters. The van der Waals surface area contributed by atoms with Crippen LogP contribution in [-0.2, 0) is 17.6 Å². The molecule has 1 heterocycles. The Labute approximate surface area is 107 Å². The van der Waals surface area contributed by atoms with Crippen molar-refractivity contribution in [1.29, 1.82) is 0 Å². The van der Waals surface area contributed by atoms with E-state index in [-0.39, 0.29) is 5.92 Å². The van der Waals surface area contributed by atoms with Gasteiger partial charge in [0, 0.05) is 15.1 Å². The zero-order valence-corrected chi connectivity index (χ0v) is 10.3. The van der Waals surface area contributed by atoms with Gasteiger partial charge in [0.15, 0.2) is 0 Å². The number of aliphatic carboxylic acids is 1. The molecule has 0 bridgehead atoms. The minimum atomic E-state index is -0.752. The normalized spacial score (nSPS) is 17.9. The van der Waals surface area contributed by atoms with Gasteiger partial charge in [0.1, 0.15) is 0 Å². The predicted molar refractivity (Wildman–Crippen MR) is 68.9 cm³/mol. The van der Waals surface area contributed by atoms with Crippen LogP contribution in [-0.4, -0.2) is 17.0 Å². The van der Waals surface area contributed by atoms with E-state index in [1.54, 1.807) is 23.5 Å². The largest absolute Gasteiger partial charge is 0.481 e. The molecule has 3 rings (SSSR count). The Morgan fingerprint density at radius 3 is 2.78 bits per heavy atom. The van der Waals surface area contributed by atoms with Gasteiger partial charge in [0.2, 0.25) is 5.91 Å². The van der Waals surface area contributed by atoms with Crippen LogP contribution < -0.4 is 5.73 Å². The molecule has 0 spiro atoms. The number of carbonyl (C=O) groups excluding carboxylic acids is 1. The second-order valence-electron chi connectivity index (χ2n) is 4.52. The fourth-order valence-electron chi connectivity index (χ4n) is 2.46. The molecule has 2 aromatic rings. The molecule has 1 aromatic heterocycles. The summed E-state index contributed by atoms with van der Waals surface area (Å²) < 4.78 is 1.09. The molecule has 5 heteroatoms. The second kappa shape index (κ2) is 3.81. The zero-order chi connectivity index (χ0) is 12.9. The molecule has 0 saturated carbocycles. The van der Waals surface area contributed by atoms with E-state index in [4.69, 9.17) is 10.8 Å². The van der Waals surface area contributed by atoms with Crippen molar-refractivity contribution in [2.24, 2.45) is 11.7 Å². The highest BCUT2D eigenvalue weighted by atomic mass is 32.1. The maximum atomic E-state index is 11.2. The summed E-state index contributed by atoms with van der Waals surface area (Å²) in [4.78, 5) is 23.3. The van der Waals surface area contributed by atoms with Crippen molar-refractivity contribution < 1.29 is 14.7 Å². The molecule has 4 nitrogen and oxygen atoms in total. The number of carboxylic acid groups (broad SMARTS) is 1. The molecule has 1 aromatic carbocycles. The minimum absolute atomic E-state index is 0.326. The average Bonchev–Trinajstić information content (AvgIpc) is 2.84. The molecular formula is C13H11NO3S. The molecular weight excluding hydrogens is 250 g/mol. The van der Waals surface area contributed by atoms with Crippen molar-refractivity contribution in [2.75, 3.05) is 0 Å². The molecule has 18 heavy (non-hydrogen) atoms. The van der Waals surface area contributed by atoms with Gasteiger partial charge in [-0.15, -0.1) is 11.3 Å². The number of thiophene rings is 1. The standard InChI is InChI=1S/C13H11NO3S/c14-12(15)6-1-2-10-8(3-6)9-4-7(13(16)17)5-11(9)18-10/h1-3,7H,4-5H2,(H2,14,15)(H,16,17). The first kappa shape index (κ1) is 11.2. The number of hydrogen-bond donors (Lipinski definition) is 2. The van der Waals surface area contributed by atoms with Crippen LogP contribution in [0.2, 0.25) is 0 Å². The molecule has 92 valence electrons. The van der Waals surface area contributed by atoms with Crippen LogP contribution in [0.4, 0.5) is 0 Å². The first-order valence-electron chi connectivity index (χ1n) is 5.63. The van der Waals surface area contributed by atoms with Crippen molar-refractivity contribution in [3.63, 3.8) is 0 Å². The van der Waals surface area contributed by atoms with E-state index >= 15 is 0 Å². The molecule has 0 radical (unpaired) electrons. The highest BCUT2D eigenvalue weighted by molar-refractivity contribution is 7.19. The van der Waals surface area contributed by atoms with Crippen LogP contribution in [0.3, 0.4) is 0 Å². The Balaban J connectivity index is 2.12. The van der Waals surface area contributed by atoms with E-state index in [2.05, 4.69) is 0 Å². The van der Waals surface area contributed by atoms with Gasteiger partial charge in [-0.05, 0) is 42.0 Å². The SMILES string of the molecule is NC(=O)c1ccc2sc3c(c2c1)CC(C(=O)O)C3. The highest BCUT2D eigenvalue weighted by Gasteiger charge is 2.30. The van der Waals surface area contributed by atoms with Crippen molar-refractivity contribution in [3.05, 3.63) is 34.2 Å². The number of hydrogen-bond acceptors (Lipinski definition) is 3. The third-order valence-corrected chi connectivity index (χ3v) is 4.63. The third-order valence-electron chi connectivity index (χ3n) is 3.39. The monoisotopic (exact) mass is 261 g/mol. The molecule has 0 fully saturated rings. The summed E-state index contributed by atoms with van der Waals surface area (Å²) in [5, 5.41) is 10.0. The third kappa shape index (κ3) is 1.59. The maximum Gasteiger partial charge on any atom is 0.307 e. The maximum absolute atomic E-state index is 11.2. The highest BCUT2D eigenvalue weighted by Crippen LogP contribution is 2.39. The van der Waals surface area contributed by atoms with Gasteiger partial charge in [0.25, 0.3) is 0 Å². The van der Waals surface area contributed by atoms with E-state index < -0.39 is 11.9 Å². The molecule has 1 atom stereocenters. The fourth-order valence-corrected chi connectivity index (χ4v) is 3.75. The fraction of sp³-hybridized carbons (Fsp3) is 0.231. The van der Waals surface area contributed by atoms with Crippen LogP contribution in [0.25, 0.3) is 10.1 Å². The lowest BCUT2D eigenvalue weighted by Crippen LogP contribution is -2.13. The Bertz CT molecular complexity index is 674. The van der Waals surface area contributed by atoms with Crippen LogP contribution >= 0.6 is 11.3 Å². The van der Waals surface area contributed by atoms with Crippen LogP contribution in [0.15, 0.2) is 18.2 Å². The number of amides is 1. The van der Waals surface area contributed by atoms with Crippen molar-refractivity contribution in [2.45, 2.75) is 12.8 Å². The Hall–Kier alpha value is -1.88. The topological polar surface area (TPSA) is 80.4 Å². The summed E-state index contributed by atoms with van der Waals surface area (Å²) in [6.45, 7) is 0. The Morgan fingerprint density at radius 1 is 1.33 bits per heavy atom. The number of fused-ring (bicyclic) bond motifs is 3. The summed E-state index contributed by atoms with van der Waals surface area (Å²) in [5.74, 6) is -1.53. The van der Waals surface area contributed by atoms with Crippen molar-refractivity contribution in [3.8, 4) is 0 Å². The quantitative estimate of drug-likeness (QED) is 0.865. The number of carboxylic acids is 1. The summed E-state index contributed by atoms with van der Waals surface area (Å²) in [7, 11) is 0. The van der Waals surface area contributed by atoms with Gasteiger partial charge in [-0.1, -0.05) is 0 Å². The van der Waals surface area contributed by atoms with Crippen LogP contribution in [0.1, 0.15) is 20.8 Å². The van der Waals surface area contributed by atoms with E-state index in [9.17, 15) is 9.59 Å². The first-order chi connectivity index (χ1) is 8.56. The predicted octanol–water partition coefficient (Wildman–Crippen LogP) is 1.80. The number of primary amides is 1.